The van der Waals surface area contributed by atoms with E-state index in [1.165, 1.54) is 29.8 Å². The van der Waals surface area contributed by atoms with Crippen LogP contribution in [0.2, 0.25) is 0 Å². The van der Waals surface area contributed by atoms with Gasteiger partial charge in [0.05, 0.1) is 11.6 Å². The molecule has 0 fully saturated rings. The molecule has 0 saturated heterocycles. The molecular formula is C37H24IrN4-2. The average Bonchev–Trinajstić information content (AvgIpc) is 3.59. The molecule has 0 N–H and O–H groups in total. The molecule has 0 amide bonds. The number of rotatable bonds is 2. The molecular weight excluding hydrogens is 693 g/mol. The predicted octanol–water partition coefficient (Wildman–Crippen LogP) is 8.73. The van der Waals surface area contributed by atoms with Crippen LogP contribution in [0.1, 0.15) is 24.9 Å². The second kappa shape index (κ2) is 11.2. The molecule has 0 bridgehead atoms. The fraction of sp³-hybridized carbons (Fsp3) is 0.0541. The summed E-state index contributed by atoms with van der Waals surface area (Å²) in [5.74, 6) is 0. The van der Waals surface area contributed by atoms with Crippen LogP contribution in [0.25, 0.3) is 60.6 Å². The summed E-state index contributed by atoms with van der Waals surface area (Å²) in [7, 11) is 0. The maximum absolute atomic E-state index is 9.36. The van der Waals surface area contributed by atoms with Gasteiger partial charge >= 0.3 is 0 Å². The van der Waals surface area contributed by atoms with E-state index in [1.54, 1.807) is 18.3 Å². The summed E-state index contributed by atoms with van der Waals surface area (Å²) in [5.41, 5.74) is 7.51. The van der Waals surface area contributed by atoms with Crippen LogP contribution in [0, 0.1) is 37.2 Å². The number of aryl methyl sites for hydroxylation is 2. The molecule has 4 nitrogen and oxygen atoms in total. The molecule has 1 radical (unpaired) electrons. The zero-order chi connectivity index (χ0) is 32.9. The van der Waals surface area contributed by atoms with E-state index < -0.39 is 13.7 Å². The Balaban J connectivity index is 0.000000172. The van der Waals surface area contributed by atoms with E-state index in [-0.39, 0.29) is 31.2 Å². The van der Waals surface area contributed by atoms with Gasteiger partial charge in [0.15, 0.2) is 0 Å². The number of para-hydroxylation sites is 1. The molecule has 4 aromatic carbocycles. The molecule has 0 aliphatic rings. The summed E-state index contributed by atoms with van der Waals surface area (Å²) in [6.45, 7) is -4.34. The van der Waals surface area contributed by atoms with E-state index in [9.17, 15) is 5.26 Å². The Labute approximate surface area is 266 Å². The number of pyridine rings is 2. The molecule has 8 aromatic rings. The van der Waals surface area contributed by atoms with Crippen LogP contribution >= 0.6 is 0 Å². The van der Waals surface area contributed by atoms with Crippen LogP contribution in [-0.2, 0) is 20.1 Å². The Kier molecular flexibility index (Phi) is 5.57. The van der Waals surface area contributed by atoms with Crippen molar-refractivity contribution in [2.45, 2.75) is 13.7 Å². The van der Waals surface area contributed by atoms with Crippen LogP contribution in [0.15, 0.2) is 109 Å². The normalized spacial score (nSPS) is 13.6. The van der Waals surface area contributed by atoms with Gasteiger partial charge in [-0.2, -0.15) is 5.26 Å². The third-order valence-corrected chi connectivity index (χ3v) is 7.13. The van der Waals surface area contributed by atoms with Crippen LogP contribution in [0.5, 0.6) is 0 Å². The van der Waals surface area contributed by atoms with Gasteiger partial charge in [-0.1, -0.05) is 71.0 Å². The molecule has 0 aliphatic heterocycles. The van der Waals surface area contributed by atoms with Crippen molar-refractivity contribution in [1.82, 2.24) is 14.4 Å². The summed E-state index contributed by atoms with van der Waals surface area (Å²) in [5, 5.41) is 13.9. The Morgan fingerprint density at radius 1 is 0.762 bits per heavy atom. The fourth-order valence-electron chi connectivity index (χ4n) is 5.27. The molecule has 203 valence electrons. The van der Waals surface area contributed by atoms with Crippen molar-refractivity contribution in [1.29, 1.82) is 5.26 Å². The first-order valence-corrected chi connectivity index (χ1v) is 13.0. The molecule has 0 atom stereocenters. The number of nitriles is 1. The first-order chi connectivity index (χ1) is 22.5. The molecule has 0 saturated carbocycles. The van der Waals surface area contributed by atoms with Crippen LogP contribution in [0.3, 0.4) is 0 Å². The second-order valence-corrected chi connectivity index (χ2v) is 9.65. The summed E-state index contributed by atoms with van der Waals surface area (Å²) < 4.78 is 45.9. The van der Waals surface area contributed by atoms with E-state index >= 15 is 0 Å². The minimum Gasteiger partial charge on any atom is -0.348 e. The van der Waals surface area contributed by atoms with Gasteiger partial charge in [0, 0.05) is 57.5 Å². The van der Waals surface area contributed by atoms with Gasteiger partial charge in [0.1, 0.15) is 0 Å². The van der Waals surface area contributed by atoms with Gasteiger partial charge in [-0.05, 0) is 59.3 Å². The molecule has 4 heterocycles. The van der Waals surface area contributed by atoms with Crippen LogP contribution in [0.4, 0.5) is 0 Å². The molecule has 0 aliphatic carbocycles. The van der Waals surface area contributed by atoms with E-state index in [2.05, 4.69) is 62.9 Å². The number of aromatic nitrogens is 3. The molecule has 4 aromatic heterocycles. The van der Waals surface area contributed by atoms with Gasteiger partial charge in [-0.15, -0.1) is 47.5 Å². The molecule has 0 unspecified atom stereocenters. The average molecular weight is 723 g/mol. The van der Waals surface area contributed by atoms with Gasteiger partial charge in [0.25, 0.3) is 0 Å². The Bertz CT molecular complexity index is 2370. The smallest absolute Gasteiger partial charge is 0.0991 e. The summed E-state index contributed by atoms with van der Waals surface area (Å²) >= 11 is 0. The minimum atomic E-state index is -2.18. The maximum atomic E-state index is 9.36. The van der Waals surface area contributed by atoms with Gasteiger partial charge in [-0.25, -0.2) is 0 Å². The molecule has 0 spiro atoms. The number of fused-ring (bicyclic) bond motifs is 6. The Hall–Kier alpha value is -4.88. The van der Waals surface area contributed by atoms with Crippen molar-refractivity contribution in [3.05, 3.63) is 138 Å². The topological polar surface area (TPSA) is 54.0 Å². The first-order valence-electron chi connectivity index (χ1n) is 16.0. The number of hydrogen-bond acceptors (Lipinski definition) is 3. The molecule has 42 heavy (non-hydrogen) atoms. The SMILES string of the molecule is N#Cc1ccc2c(c1)c1cc(-c3ccccn3)[c-]c3c4ccccc4n2c31.[2H]C([2H])([2H])c1c[c-]c(-c2ccc(C([2H])([2H])[2H])cn2)cc1.[Ir]. The third kappa shape index (κ3) is 4.71. The zero-order valence-electron chi connectivity index (χ0n) is 28.0. The van der Waals surface area contributed by atoms with Crippen molar-refractivity contribution in [3.63, 3.8) is 0 Å². The van der Waals surface area contributed by atoms with Crippen LogP contribution < -0.4 is 0 Å². The Morgan fingerprint density at radius 2 is 1.57 bits per heavy atom. The summed E-state index contributed by atoms with van der Waals surface area (Å²) in [6, 6.07) is 38.7. The summed E-state index contributed by atoms with van der Waals surface area (Å²) in [6.07, 6.45) is 3.10. The van der Waals surface area contributed by atoms with Crippen molar-refractivity contribution >= 4 is 38.1 Å². The number of hydrogen-bond donors (Lipinski definition) is 0. The van der Waals surface area contributed by atoms with Crippen molar-refractivity contribution in [3.8, 4) is 28.6 Å². The molecule has 5 heteroatoms. The Morgan fingerprint density at radius 3 is 2.31 bits per heavy atom. The van der Waals surface area contributed by atoms with Gasteiger partial charge in [-0.3, -0.25) is 4.98 Å². The van der Waals surface area contributed by atoms with E-state index in [0.29, 0.717) is 16.8 Å². The first kappa shape index (κ1) is 20.9. The summed E-state index contributed by atoms with van der Waals surface area (Å²) in [4.78, 5) is 8.59. The van der Waals surface area contributed by atoms with Gasteiger partial charge < -0.3 is 9.38 Å². The van der Waals surface area contributed by atoms with Crippen LogP contribution in [-0.4, -0.2) is 14.4 Å². The second-order valence-electron chi connectivity index (χ2n) is 9.65. The quantitative estimate of drug-likeness (QED) is 0.168. The standard InChI is InChI=1S/C24H12N3.C13H12N.Ir/c25-14-15-8-9-23-18(11-15)20-13-16(21-6-3-4-10-26-21)12-19-17-5-1-2-7-22(17)27(23)24(19)20;1-10-3-6-12(7-4-10)13-8-5-11(2)9-14-13;/h1-11,13H;3-6,8-9H,1-2H3;/q2*-1;/i;1D3,2D3;. The third-order valence-electron chi connectivity index (χ3n) is 7.13. The predicted molar refractivity (Wildman–Crippen MR) is 166 cm³/mol. The zero-order valence-corrected chi connectivity index (χ0v) is 24.4. The monoisotopic (exact) mass is 723 g/mol. The number of benzene rings is 4. The molecule has 8 rings (SSSR count). The van der Waals surface area contributed by atoms with Crippen molar-refractivity contribution < 1.29 is 28.3 Å². The van der Waals surface area contributed by atoms with E-state index in [0.717, 1.165) is 44.0 Å². The minimum absolute atomic E-state index is 0. The van der Waals surface area contributed by atoms with E-state index in [1.807, 2.05) is 36.4 Å². The number of nitrogens with zero attached hydrogens (tertiary/aromatic N) is 4. The maximum Gasteiger partial charge on any atom is 0.0991 e. The van der Waals surface area contributed by atoms with Crippen molar-refractivity contribution in [2.75, 3.05) is 0 Å². The van der Waals surface area contributed by atoms with E-state index in [4.69, 9.17) is 8.22 Å². The van der Waals surface area contributed by atoms with Crippen molar-refractivity contribution in [2.24, 2.45) is 0 Å². The fourth-order valence-corrected chi connectivity index (χ4v) is 5.27. The largest absolute Gasteiger partial charge is 0.348 e. The van der Waals surface area contributed by atoms with Gasteiger partial charge in [0.2, 0.25) is 0 Å².